The van der Waals surface area contributed by atoms with Gasteiger partial charge >= 0.3 is 0 Å². The zero-order chi connectivity index (χ0) is 18.8. The Morgan fingerprint density at radius 1 is 1.08 bits per heavy atom. The first-order valence-electron chi connectivity index (χ1n) is 8.62. The summed E-state index contributed by atoms with van der Waals surface area (Å²) in [4.78, 5) is 12.1. The van der Waals surface area contributed by atoms with E-state index in [1.165, 1.54) is 0 Å². The van der Waals surface area contributed by atoms with Crippen LogP contribution in [-0.4, -0.2) is 25.3 Å². The highest BCUT2D eigenvalue weighted by Crippen LogP contribution is 2.24. The maximum atomic E-state index is 12.1. The molecule has 1 amide bonds. The molecular weight excluding hydrogens is 352 g/mol. The Hall–Kier alpha value is -2.53. The van der Waals surface area contributed by atoms with E-state index in [-0.39, 0.29) is 5.91 Å². The molecule has 6 heteroatoms. The van der Waals surface area contributed by atoms with Gasteiger partial charge in [0.05, 0.1) is 19.4 Å². The van der Waals surface area contributed by atoms with Crippen LogP contribution in [0, 0.1) is 0 Å². The zero-order valence-electron chi connectivity index (χ0n) is 15.0. The fourth-order valence-corrected chi connectivity index (χ4v) is 2.22. The van der Waals surface area contributed by atoms with Crippen LogP contribution >= 0.6 is 11.6 Å². The van der Waals surface area contributed by atoms with Crippen LogP contribution in [0.3, 0.4) is 0 Å². The average molecular weight is 375 g/mol. The third-order valence-electron chi connectivity index (χ3n) is 3.40. The summed E-state index contributed by atoms with van der Waals surface area (Å²) in [5, 5.41) is 4.60. The van der Waals surface area contributed by atoms with Crippen molar-refractivity contribution in [1.29, 1.82) is 0 Å². The monoisotopic (exact) mass is 374 g/mol. The standard InChI is InChI=1S/C20H23ClN2O3/c1-3-11-25-18-10-7-16(19(13-18)26-12-4-2)14-22-23-20(24)15-5-8-17(21)9-6-15/h5-10,13-14H,3-4,11-12H2,1-2H3,(H,23,24)/b22-14-. The number of nitrogens with zero attached hydrogens (tertiary/aromatic N) is 1. The molecule has 0 fully saturated rings. The molecule has 1 N–H and O–H groups in total. The summed E-state index contributed by atoms with van der Waals surface area (Å²) in [5.41, 5.74) is 3.75. The van der Waals surface area contributed by atoms with Crippen LogP contribution in [-0.2, 0) is 0 Å². The first-order valence-corrected chi connectivity index (χ1v) is 9.00. The second-order valence-corrected chi connectivity index (χ2v) is 6.04. The molecule has 0 aliphatic carbocycles. The number of nitrogens with one attached hydrogen (secondary N) is 1. The minimum Gasteiger partial charge on any atom is -0.493 e. The molecule has 0 radical (unpaired) electrons. The van der Waals surface area contributed by atoms with Crippen molar-refractivity contribution >= 4 is 23.7 Å². The molecule has 0 aromatic heterocycles. The van der Waals surface area contributed by atoms with Crippen molar-refractivity contribution in [2.75, 3.05) is 13.2 Å². The number of carbonyl (C=O) groups is 1. The van der Waals surface area contributed by atoms with Crippen LogP contribution in [0.15, 0.2) is 47.6 Å². The van der Waals surface area contributed by atoms with Crippen LogP contribution in [0.25, 0.3) is 0 Å². The summed E-state index contributed by atoms with van der Waals surface area (Å²) in [6.07, 6.45) is 3.39. The second kappa shape index (κ2) is 10.5. The molecule has 0 saturated heterocycles. The Morgan fingerprint density at radius 2 is 1.77 bits per heavy atom. The van der Waals surface area contributed by atoms with E-state index in [1.807, 2.05) is 25.1 Å². The third-order valence-corrected chi connectivity index (χ3v) is 3.65. The van der Waals surface area contributed by atoms with E-state index < -0.39 is 0 Å². The van der Waals surface area contributed by atoms with E-state index in [9.17, 15) is 4.79 Å². The van der Waals surface area contributed by atoms with Crippen molar-refractivity contribution in [2.24, 2.45) is 5.10 Å². The summed E-state index contributed by atoms with van der Waals surface area (Å²) in [5.74, 6) is 1.11. The molecule has 0 bridgehead atoms. The van der Waals surface area contributed by atoms with Gasteiger partial charge in [0.15, 0.2) is 0 Å². The SMILES string of the molecule is CCCOc1ccc(/C=N\NC(=O)c2ccc(Cl)cc2)c(OCCC)c1. The van der Waals surface area contributed by atoms with Gasteiger partial charge in [0.1, 0.15) is 11.5 Å². The summed E-state index contributed by atoms with van der Waals surface area (Å²) < 4.78 is 11.4. The average Bonchev–Trinajstić information content (AvgIpc) is 2.66. The Labute approximate surface area is 159 Å². The van der Waals surface area contributed by atoms with E-state index in [4.69, 9.17) is 21.1 Å². The molecular formula is C20H23ClN2O3. The van der Waals surface area contributed by atoms with Gasteiger partial charge < -0.3 is 9.47 Å². The van der Waals surface area contributed by atoms with Gasteiger partial charge in [0.25, 0.3) is 5.91 Å². The largest absolute Gasteiger partial charge is 0.493 e. The fourth-order valence-electron chi connectivity index (χ4n) is 2.09. The number of benzene rings is 2. The number of hydrogen-bond acceptors (Lipinski definition) is 4. The summed E-state index contributed by atoms with van der Waals surface area (Å²) in [7, 11) is 0. The highest BCUT2D eigenvalue weighted by Gasteiger charge is 2.06. The lowest BCUT2D eigenvalue weighted by atomic mass is 10.2. The number of ether oxygens (including phenoxy) is 2. The van der Waals surface area contributed by atoms with E-state index in [2.05, 4.69) is 17.5 Å². The molecule has 5 nitrogen and oxygen atoms in total. The smallest absolute Gasteiger partial charge is 0.271 e. The third kappa shape index (κ3) is 6.08. The topological polar surface area (TPSA) is 59.9 Å². The van der Waals surface area contributed by atoms with Gasteiger partial charge in [0.2, 0.25) is 0 Å². The lowest BCUT2D eigenvalue weighted by Crippen LogP contribution is -2.17. The van der Waals surface area contributed by atoms with Crippen molar-refractivity contribution < 1.29 is 14.3 Å². The van der Waals surface area contributed by atoms with E-state index in [0.29, 0.717) is 29.5 Å². The number of rotatable bonds is 9. The van der Waals surface area contributed by atoms with E-state index in [1.54, 1.807) is 30.5 Å². The highest BCUT2D eigenvalue weighted by molar-refractivity contribution is 6.30. The van der Waals surface area contributed by atoms with Crippen molar-refractivity contribution in [3.8, 4) is 11.5 Å². The molecule has 0 unspecified atom stereocenters. The van der Waals surface area contributed by atoms with Crippen LogP contribution < -0.4 is 14.9 Å². The normalized spacial score (nSPS) is 10.7. The van der Waals surface area contributed by atoms with Crippen LogP contribution in [0.2, 0.25) is 5.02 Å². The van der Waals surface area contributed by atoms with Gasteiger partial charge in [-0.05, 0) is 49.2 Å². The molecule has 2 rings (SSSR count). The van der Waals surface area contributed by atoms with Crippen molar-refractivity contribution in [3.05, 3.63) is 58.6 Å². The maximum absolute atomic E-state index is 12.1. The predicted molar refractivity (Wildman–Crippen MR) is 105 cm³/mol. The Kier molecular flexibility index (Phi) is 7.96. The Bertz CT molecular complexity index is 745. The molecule has 2 aromatic carbocycles. The van der Waals surface area contributed by atoms with Crippen molar-refractivity contribution in [2.45, 2.75) is 26.7 Å². The summed E-state index contributed by atoms with van der Waals surface area (Å²) in [6.45, 7) is 5.34. The number of carbonyl (C=O) groups excluding carboxylic acids is 1. The zero-order valence-corrected chi connectivity index (χ0v) is 15.8. The quantitative estimate of drug-likeness (QED) is 0.512. The molecule has 138 valence electrons. The van der Waals surface area contributed by atoms with Crippen LogP contribution in [0.1, 0.15) is 42.6 Å². The van der Waals surface area contributed by atoms with Gasteiger partial charge in [-0.3, -0.25) is 4.79 Å². The van der Waals surface area contributed by atoms with Gasteiger partial charge in [-0.25, -0.2) is 5.43 Å². The first kappa shape index (κ1) is 19.8. The summed E-state index contributed by atoms with van der Waals surface area (Å²) in [6, 6.07) is 12.2. The molecule has 26 heavy (non-hydrogen) atoms. The fraction of sp³-hybridized carbons (Fsp3) is 0.300. The Balaban J connectivity index is 2.06. The lowest BCUT2D eigenvalue weighted by molar-refractivity contribution is 0.0955. The minimum atomic E-state index is -0.308. The maximum Gasteiger partial charge on any atom is 0.271 e. The van der Waals surface area contributed by atoms with E-state index in [0.717, 1.165) is 24.2 Å². The minimum absolute atomic E-state index is 0.308. The van der Waals surface area contributed by atoms with Gasteiger partial charge in [-0.1, -0.05) is 25.4 Å². The van der Waals surface area contributed by atoms with Crippen molar-refractivity contribution in [1.82, 2.24) is 5.43 Å². The molecule has 0 aliphatic rings. The number of halogens is 1. The van der Waals surface area contributed by atoms with E-state index >= 15 is 0 Å². The Morgan fingerprint density at radius 3 is 2.46 bits per heavy atom. The van der Waals surface area contributed by atoms with Crippen LogP contribution in [0.5, 0.6) is 11.5 Å². The highest BCUT2D eigenvalue weighted by atomic mass is 35.5. The second-order valence-electron chi connectivity index (χ2n) is 5.60. The lowest BCUT2D eigenvalue weighted by Gasteiger charge is -2.11. The number of hydrazone groups is 1. The van der Waals surface area contributed by atoms with Crippen molar-refractivity contribution in [3.63, 3.8) is 0 Å². The van der Waals surface area contributed by atoms with Gasteiger partial charge in [0, 0.05) is 22.2 Å². The predicted octanol–water partition coefficient (Wildman–Crippen LogP) is 4.68. The molecule has 0 atom stereocenters. The van der Waals surface area contributed by atoms with Gasteiger partial charge in [-0.2, -0.15) is 5.10 Å². The number of amides is 1. The molecule has 0 heterocycles. The summed E-state index contributed by atoms with van der Waals surface area (Å²) >= 11 is 5.82. The molecule has 0 aliphatic heterocycles. The van der Waals surface area contributed by atoms with Crippen LogP contribution in [0.4, 0.5) is 0 Å². The first-order chi connectivity index (χ1) is 12.6. The molecule has 0 saturated carbocycles. The molecule has 0 spiro atoms. The number of hydrogen-bond donors (Lipinski definition) is 1. The van der Waals surface area contributed by atoms with Gasteiger partial charge in [-0.15, -0.1) is 0 Å². The molecule has 2 aromatic rings.